The molecule has 0 saturated carbocycles. The second kappa shape index (κ2) is 7.84. The molecule has 0 fully saturated rings. The fourth-order valence-electron chi connectivity index (χ4n) is 1.48. The van der Waals surface area contributed by atoms with E-state index in [-0.39, 0.29) is 0 Å². The maximum absolute atomic E-state index is 11.6. The molecule has 1 aromatic rings. The van der Waals surface area contributed by atoms with Crippen molar-refractivity contribution >= 4 is 24.0 Å². The van der Waals surface area contributed by atoms with Crippen LogP contribution in [0.4, 0.5) is 4.79 Å². The second-order valence-electron chi connectivity index (χ2n) is 4.39. The Balaban J connectivity index is 2.53. The maximum Gasteiger partial charge on any atom is 0.331 e. The molecule has 0 aliphatic carbocycles. The van der Waals surface area contributed by atoms with Gasteiger partial charge in [0, 0.05) is 13.1 Å². The van der Waals surface area contributed by atoms with Gasteiger partial charge in [0.1, 0.15) is 0 Å². The normalized spacial score (nSPS) is 11.8. The summed E-state index contributed by atoms with van der Waals surface area (Å²) >= 11 is 0. The van der Waals surface area contributed by atoms with Gasteiger partial charge < -0.3 is 10.1 Å². The quantitative estimate of drug-likeness (QED) is 0.648. The van der Waals surface area contributed by atoms with Crippen LogP contribution in [0.3, 0.4) is 0 Å². The van der Waals surface area contributed by atoms with Crippen LogP contribution in [0, 0.1) is 6.92 Å². The molecule has 0 unspecified atom stereocenters. The Labute approximate surface area is 123 Å². The van der Waals surface area contributed by atoms with Crippen LogP contribution in [-0.2, 0) is 14.3 Å². The highest BCUT2D eigenvalue weighted by molar-refractivity contribution is 5.97. The summed E-state index contributed by atoms with van der Waals surface area (Å²) in [6.45, 7) is 3.33. The van der Waals surface area contributed by atoms with Crippen molar-refractivity contribution in [3.8, 4) is 0 Å². The van der Waals surface area contributed by atoms with Crippen LogP contribution in [0.15, 0.2) is 30.3 Å². The van der Waals surface area contributed by atoms with E-state index in [4.69, 9.17) is 4.74 Å². The lowest BCUT2D eigenvalue weighted by Gasteiger charge is -2.11. The fourth-order valence-corrected chi connectivity index (χ4v) is 1.48. The third kappa shape index (κ3) is 5.90. The summed E-state index contributed by atoms with van der Waals surface area (Å²) in [5, 5.41) is 4.26. The van der Waals surface area contributed by atoms with E-state index in [1.165, 1.54) is 20.0 Å². The number of esters is 1. The van der Waals surface area contributed by atoms with Crippen molar-refractivity contribution in [1.82, 2.24) is 10.6 Å². The zero-order valence-corrected chi connectivity index (χ0v) is 12.2. The number of rotatable bonds is 4. The number of carbonyl (C=O) groups is 3. The molecule has 0 spiro atoms. The molecule has 0 aromatic heterocycles. The van der Waals surface area contributed by atoms with Gasteiger partial charge in [-0.25, -0.2) is 9.59 Å². The molecule has 1 atom stereocenters. The Morgan fingerprint density at radius 2 is 2.00 bits per heavy atom. The highest BCUT2D eigenvalue weighted by Gasteiger charge is 2.18. The molecule has 2 N–H and O–H groups in total. The van der Waals surface area contributed by atoms with Crippen LogP contribution in [0.2, 0.25) is 0 Å². The van der Waals surface area contributed by atoms with Crippen molar-refractivity contribution in [3.63, 3.8) is 0 Å². The number of hydrogen-bond acceptors (Lipinski definition) is 4. The van der Waals surface area contributed by atoms with E-state index >= 15 is 0 Å². The van der Waals surface area contributed by atoms with Gasteiger partial charge in [0.2, 0.25) is 0 Å². The molecular formula is C15H18N2O4. The third-order valence-corrected chi connectivity index (χ3v) is 2.58. The minimum Gasteiger partial charge on any atom is -0.449 e. The van der Waals surface area contributed by atoms with Crippen LogP contribution in [0.5, 0.6) is 0 Å². The van der Waals surface area contributed by atoms with E-state index in [1.54, 1.807) is 6.08 Å². The standard InChI is InChI=1S/C15H18N2O4/c1-10-5-4-6-12(9-10)7-8-13(18)21-11(2)14(19)17-15(20)16-3/h4-9,11H,1-3H3,(H2,16,17,19,20)/b8-7+/t11-/m0/s1. The van der Waals surface area contributed by atoms with Crippen molar-refractivity contribution in [2.75, 3.05) is 7.05 Å². The number of benzene rings is 1. The molecule has 1 aromatic carbocycles. The zero-order valence-electron chi connectivity index (χ0n) is 12.2. The molecule has 3 amide bonds. The first-order chi connectivity index (χ1) is 9.92. The number of ether oxygens (including phenoxy) is 1. The van der Waals surface area contributed by atoms with Gasteiger partial charge in [-0.2, -0.15) is 0 Å². The Hall–Kier alpha value is -2.63. The monoisotopic (exact) mass is 290 g/mol. The summed E-state index contributed by atoms with van der Waals surface area (Å²) < 4.78 is 4.89. The molecule has 112 valence electrons. The van der Waals surface area contributed by atoms with Gasteiger partial charge in [-0.15, -0.1) is 0 Å². The lowest BCUT2D eigenvalue weighted by atomic mass is 10.1. The van der Waals surface area contributed by atoms with Gasteiger partial charge in [0.05, 0.1) is 0 Å². The van der Waals surface area contributed by atoms with Crippen LogP contribution < -0.4 is 10.6 Å². The number of amides is 3. The summed E-state index contributed by atoms with van der Waals surface area (Å²) in [5.41, 5.74) is 1.93. The number of imide groups is 1. The first kappa shape index (κ1) is 16.4. The Morgan fingerprint density at radius 3 is 2.62 bits per heavy atom. The fraction of sp³-hybridized carbons (Fsp3) is 0.267. The molecule has 21 heavy (non-hydrogen) atoms. The van der Waals surface area contributed by atoms with Crippen molar-refractivity contribution in [3.05, 3.63) is 41.5 Å². The van der Waals surface area contributed by atoms with E-state index in [2.05, 4.69) is 5.32 Å². The molecule has 0 saturated heterocycles. The van der Waals surface area contributed by atoms with Crippen molar-refractivity contribution in [2.24, 2.45) is 0 Å². The largest absolute Gasteiger partial charge is 0.449 e. The molecule has 6 heteroatoms. The van der Waals surface area contributed by atoms with Gasteiger partial charge in [-0.05, 0) is 25.5 Å². The highest BCUT2D eigenvalue weighted by Crippen LogP contribution is 2.06. The average Bonchev–Trinajstić information content (AvgIpc) is 2.45. The third-order valence-electron chi connectivity index (χ3n) is 2.58. The Kier molecular flexibility index (Phi) is 6.13. The topological polar surface area (TPSA) is 84.5 Å². The minimum atomic E-state index is -1.06. The summed E-state index contributed by atoms with van der Waals surface area (Å²) in [7, 11) is 1.38. The van der Waals surface area contributed by atoms with E-state index in [0.29, 0.717) is 0 Å². The number of aryl methyl sites for hydroxylation is 1. The summed E-state index contributed by atoms with van der Waals surface area (Å²) in [5.74, 6) is -1.34. The van der Waals surface area contributed by atoms with Gasteiger partial charge in [0.15, 0.2) is 6.10 Å². The van der Waals surface area contributed by atoms with Gasteiger partial charge in [0.25, 0.3) is 5.91 Å². The smallest absolute Gasteiger partial charge is 0.331 e. The van der Waals surface area contributed by atoms with Gasteiger partial charge in [-0.3, -0.25) is 10.1 Å². The number of urea groups is 1. The molecular weight excluding hydrogens is 272 g/mol. The SMILES string of the molecule is CNC(=O)NC(=O)[C@H](C)OC(=O)/C=C/c1cccc(C)c1. The first-order valence-corrected chi connectivity index (χ1v) is 6.40. The number of carbonyl (C=O) groups excluding carboxylic acids is 3. The predicted molar refractivity (Wildman–Crippen MR) is 78.4 cm³/mol. The Bertz CT molecular complexity index is 567. The second-order valence-corrected chi connectivity index (χ2v) is 4.39. The molecule has 0 radical (unpaired) electrons. The van der Waals surface area contributed by atoms with E-state index < -0.39 is 24.0 Å². The van der Waals surface area contributed by atoms with Gasteiger partial charge in [-0.1, -0.05) is 29.8 Å². The Morgan fingerprint density at radius 1 is 1.29 bits per heavy atom. The lowest BCUT2D eigenvalue weighted by molar-refractivity contribution is -0.149. The van der Waals surface area contributed by atoms with Crippen LogP contribution in [0.25, 0.3) is 6.08 Å². The minimum absolute atomic E-state index is 0.654. The summed E-state index contributed by atoms with van der Waals surface area (Å²) in [4.78, 5) is 34.0. The van der Waals surface area contributed by atoms with Crippen molar-refractivity contribution in [1.29, 1.82) is 0 Å². The molecule has 1 rings (SSSR count). The van der Waals surface area contributed by atoms with Crippen molar-refractivity contribution < 1.29 is 19.1 Å². The van der Waals surface area contributed by atoms with E-state index in [0.717, 1.165) is 11.1 Å². The number of nitrogens with one attached hydrogen (secondary N) is 2. The van der Waals surface area contributed by atoms with Crippen LogP contribution in [0.1, 0.15) is 18.1 Å². The van der Waals surface area contributed by atoms with E-state index in [1.807, 2.05) is 36.5 Å². The molecule has 0 heterocycles. The molecule has 6 nitrogen and oxygen atoms in total. The first-order valence-electron chi connectivity index (χ1n) is 6.40. The summed E-state index contributed by atoms with van der Waals surface area (Å²) in [6.07, 6.45) is 1.77. The van der Waals surface area contributed by atoms with Gasteiger partial charge >= 0.3 is 12.0 Å². The highest BCUT2D eigenvalue weighted by atomic mass is 16.5. The van der Waals surface area contributed by atoms with E-state index in [9.17, 15) is 14.4 Å². The maximum atomic E-state index is 11.6. The molecule has 0 aliphatic rings. The molecule has 0 bridgehead atoms. The van der Waals surface area contributed by atoms with Crippen LogP contribution >= 0.6 is 0 Å². The molecule has 0 aliphatic heterocycles. The lowest BCUT2D eigenvalue weighted by Crippen LogP contribution is -2.43. The van der Waals surface area contributed by atoms with Crippen molar-refractivity contribution in [2.45, 2.75) is 20.0 Å². The predicted octanol–water partition coefficient (Wildman–Crippen LogP) is 1.40. The number of hydrogen-bond donors (Lipinski definition) is 2. The summed E-state index contributed by atoms with van der Waals surface area (Å²) in [6, 6.07) is 6.92. The van der Waals surface area contributed by atoms with Crippen LogP contribution in [-0.4, -0.2) is 31.1 Å². The average molecular weight is 290 g/mol. The zero-order chi connectivity index (χ0) is 15.8.